The topological polar surface area (TPSA) is 55.4 Å². The third-order valence-corrected chi connectivity index (χ3v) is 3.89. The molecule has 0 bridgehead atoms. The molecule has 0 saturated heterocycles. The van der Waals surface area contributed by atoms with Gasteiger partial charge in [-0.25, -0.2) is 13.6 Å². The van der Waals surface area contributed by atoms with E-state index in [9.17, 15) is 18.4 Å². The number of hydrogen-bond donors (Lipinski definition) is 1. The smallest absolute Gasteiger partial charge is 0.341 e. The van der Waals surface area contributed by atoms with Crippen LogP contribution in [-0.2, 0) is 9.53 Å². The van der Waals surface area contributed by atoms with Crippen molar-refractivity contribution in [3.05, 3.63) is 70.3 Å². The van der Waals surface area contributed by atoms with E-state index in [-0.39, 0.29) is 6.04 Å². The average molecular weight is 347 g/mol. The van der Waals surface area contributed by atoms with Gasteiger partial charge < -0.3 is 10.1 Å². The second-order valence-electron chi connectivity index (χ2n) is 5.83. The molecule has 2 rings (SSSR count). The van der Waals surface area contributed by atoms with Crippen molar-refractivity contribution in [2.75, 3.05) is 6.61 Å². The first kappa shape index (κ1) is 18.6. The van der Waals surface area contributed by atoms with Crippen molar-refractivity contribution in [2.24, 2.45) is 0 Å². The van der Waals surface area contributed by atoms with Gasteiger partial charge in [0.2, 0.25) is 0 Å². The first-order valence-electron chi connectivity index (χ1n) is 7.76. The standard InChI is InChI=1S/C19H19F2NO3/c1-11-4-5-14(8-12(11)2)13(3)22-18(23)10-25-19(24)16-7-6-15(20)9-17(16)21/h4-9,13H,10H2,1-3H3,(H,22,23)/t13-/m0/s1. The molecule has 0 aliphatic carbocycles. The molecular weight excluding hydrogens is 328 g/mol. The fourth-order valence-electron chi connectivity index (χ4n) is 2.26. The molecule has 0 radical (unpaired) electrons. The number of carbonyl (C=O) groups excluding carboxylic acids is 2. The molecule has 0 aliphatic rings. The van der Waals surface area contributed by atoms with Gasteiger partial charge in [-0.3, -0.25) is 4.79 Å². The van der Waals surface area contributed by atoms with Crippen LogP contribution in [0.15, 0.2) is 36.4 Å². The van der Waals surface area contributed by atoms with Crippen molar-refractivity contribution >= 4 is 11.9 Å². The molecule has 2 aromatic carbocycles. The number of carbonyl (C=O) groups is 2. The summed E-state index contributed by atoms with van der Waals surface area (Å²) < 4.78 is 31.1. The molecular formula is C19H19F2NO3. The van der Waals surface area contributed by atoms with E-state index < -0.39 is 35.7 Å². The van der Waals surface area contributed by atoms with Gasteiger partial charge in [-0.15, -0.1) is 0 Å². The van der Waals surface area contributed by atoms with Crippen LogP contribution in [0.25, 0.3) is 0 Å². The zero-order chi connectivity index (χ0) is 18.6. The number of ether oxygens (including phenoxy) is 1. The largest absolute Gasteiger partial charge is 0.452 e. The lowest BCUT2D eigenvalue weighted by atomic mass is 10.0. The maximum Gasteiger partial charge on any atom is 0.341 e. The Morgan fingerprint density at radius 1 is 1.08 bits per heavy atom. The molecule has 0 saturated carbocycles. The van der Waals surface area contributed by atoms with Gasteiger partial charge in [0.05, 0.1) is 11.6 Å². The second kappa shape index (κ2) is 7.88. The maximum absolute atomic E-state index is 13.5. The summed E-state index contributed by atoms with van der Waals surface area (Å²) in [6.45, 7) is 5.23. The molecule has 2 aromatic rings. The Labute approximate surface area is 144 Å². The van der Waals surface area contributed by atoms with Gasteiger partial charge in [0.25, 0.3) is 5.91 Å². The predicted molar refractivity (Wildman–Crippen MR) is 89.1 cm³/mol. The predicted octanol–water partition coefficient (Wildman–Crippen LogP) is 3.62. The number of halogens is 2. The van der Waals surface area contributed by atoms with E-state index in [0.29, 0.717) is 6.07 Å². The Hall–Kier alpha value is -2.76. The molecule has 0 unspecified atom stereocenters. The van der Waals surface area contributed by atoms with Crippen molar-refractivity contribution in [1.82, 2.24) is 5.32 Å². The maximum atomic E-state index is 13.5. The number of rotatable bonds is 5. The Morgan fingerprint density at radius 2 is 1.80 bits per heavy atom. The monoisotopic (exact) mass is 347 g/mol. The van der Waals surface area contributed by atoms with E-state index in [0.717, 1.165) is 28.8 Å². The lowest BCUT2D eigenvalue weighted by Crippen LogP contribution is -2.31. The van der Waals surface area contributed by atoms with Crippen LogP contribution >= 0.6 is 0 Å². The van der Waals surface area contributed by atoms with Crippen LogP contribution in [0.3, 0.4) is 0 Å². The Bertz CT molecular complexity index is 805. The molecule has 0 aliphatic heterocycles. The van der Waals surface area contributed by atoms with E-state index in [1.54, 1.807) is 0 Å². The van der Waals surface area contributed by atoms with Gasteiger partial charge in [-0.05, 0) is 49.6 Å². The molecule has 1 N–H and O–H groups in total. The Kier molecular flexibility index (Phi) is 5.85. The second-order valence-corrected chi connectivity index (χ2v) is 5.83. The molecule has 6 heteroatoms. The highest BCUT2D eigenvalue weighted by Crippen LogP contribution is 2.16. The summed E-state index contributed by atoms with van der Waals surface area (Å²) in [5.74, 6) is -3.36. The highest BCUT2D eigenvalue weighted by atomic mass is 19.1. The van der Waals surface area contributed by atoms with Gasteiger partial charge >= 0.3 is 5.97 Å². The molecule has 132 valence electrons. The van der Waals surface area contributed by atoms with Gasteiger partial charge in [-0.2, -0.15) is 0 Å². The van der Waals surface area contributed by atoms with Crippen molar-refractivity contribution < 1.29 is 23.1 Å². The number of esters is 1. The quantitative estimate of drug-likeness (QED) is 0.841. The fraction of sp³-hybridized carbons (Fsp3) is 0.263. The zero-order valence-electron chi connectivity index (χ0n) is 14.2. The minimum Gasteiger partial charge on any atom is -0.452 e. The summed E-state index contributed by atoms with van der Waals surface area (Å²) in [7, 11) is 0. The molecule has 0 spiro atoms. The molecule has 1 atom stereocenters. The lowest BCUT2D eigenvalue weighted by Gasteiger charge is -2.16. The van der Waals surface area contributed by atoms with Crippen LogP contribution in [-0.4, -0.2) is 18.5 Å². The SMILES string of the molecule is Cc1ccc([C@H](C)NC(=O)COC(=O)c2ccc(F)cc2F)cc1C. The zero-order valence-corrected chi connectivity index (χ0v) is 14.2. The highest BCUT2D eigenvalue weighted by molar-refractivity contribution is 5.91. The Balaban J connectivity index is 1.91. The van der Waals surface area contributed by atoms with Crippen LogP contribution in [0.1, 0.15) is 40.0 Å². The van der Waals surface area contributed by atoms with Crippen molar-refractivity contribution in [3.8, 4) is 0 Å². The van der Waals surface area contributed by atoms with E-state index in [4.69, 9.17) is 4.74 Å². The number of aryl methyl sites for hydroxylation is 2. The summed E-state index contributed by atoms with van der Waals surface area (Å²) in [6, 6.07) is 8.08. The number of nitrogens with one attached hydrogen (secondary N) is 1. The molecule has 0 heterocycles. The average Bonchev–Trinajstić information content (AvgIpc) is 2.55. The molecule has 0 fully saturated rings. The third-order valence-electron chi connectivity index (χ3n) is 3.89. The van der Waals surface area contributed by atoms with Crippen LogP contribution in [0.4, 0.5) is 8.78 Å². The van der Waals surface area contributed by atoms with Crippen LogP contribution in [0.2, 0.25) is 0 Å². The van der Waals surface area contributed by atoms with E-state index in [1.165, 1.54) is 0 Å². The van der Waals surface area contributed by atoms with Crippen LogP contribution in [0, 0.1) is 25.5 Å². The van der Waals surface area contributed by atoms with Crippen LogP contribution < -0.4 is 5.32 Å². The molecule has 25 heavy (non-hydrogen) atoms. The summed E-state index contributed by atoms with van der Waals surface area (Å²) in [5, 5.41) is 2.70. The van der Waals surface area contributed by atoms with Gasteiger partial charge in [0, 0.05) is 6.07 Å². The number of benzene rings is 2. The first-order valence-corrected chi connectivity index (χ1v) is 7.76. The van der Waals surface area contributed by atoms with Crippen molar-refractivity contribution in [2.45, 2.75) is 26.8 Å². The van der Waals surface area contributed by atoms with E-state index in [2.05, 4.69) is 5.32 Å². The van der Waals surface area contributed by atoms with E-state index >= 15 is 0 Å². The summed E-state index contributed by atoms with van der Waals surface area (Å²) in [6.07, 6.45) is 0. The minimum atomic E-state index is -1.03. The van der Waals surface area contributed by atoms with Gasteiger partial charge in [-0.1, -0.05) is 18.2 Å². The van der Waals surface area contributed by atoms with Crippen LogP contribution in [0.5, 0.6) is 0 Å². The first-order chi connectivity index (χ1) is 11.8. The molecule has 0 aromatic heterocycles. The number of amides is 1. The number of hydrogen-bond acceptors (Lipinski definition) is 3. The fourth-order valence-corrected chi connectivity index (χ4v) is 2.26. The third kappa shape index (κ3) is 4.86. The molecule has 1 amide bonds. The van der Waals surface area contributed by atoms with Crippen molar-refractivity contribution in [1.29, 1.82) is 0 Å². The summed E-state index contributed by atoms with van der Waals surface area (Å²) in [4.78, 5) is 23.7. The van der Waals surface area contributed by atoms with Gasteiger partial charge in [0.15, 0.2) is 6.61 Å². The summed E-state index contributed by atoms with van der Waals surface area (Å²) in [5.41, 5.74) is 2.76. The van der Waals surface area contributed by atoms with Crippen molar-refractivity contribution in [3.63, 3.8) is 0 Å². The summed E-state index contributed by atoms with van der Waals surface area (Å²) >= 11 is 0. The Morgan fingerprint density at radius 3 is 2.44 bits per heavy atom. The lowest BCUT2D eigenvalue weighted by molar-refractivity contribution is -0.124. The van der Waals surface area contributed by atoms with Gasteiger partial charge in [0.1, 0.15) is 11.6 Å². The molecule has 4 nitrogen and oxygen atoms in total. The van der Waals surface area contributed by atoms with E-state index in [1.807, 2.05) is 39.0 Å². The normalized spacial score (nSPS) is 11.7. The minimum absolute atomic E-state index is 0.270. The highest BCUT2D eigenvalue weighted by Gasteiger charge is 2.16.